The van der Waals surface area contributed by atoms with E-state index < -0.39 is 11.7 Å². The molecule has 19 heavy (non-hydrogen) atoms. The molecule has 0 unspecified atom stereocenters. The molecule has 0 fully saturated rings. The minimum atomic E-state index is -4.32. The van der Waals surface area contributed by atoms with E-state index >= 15 is 0 Å². The van der Waals surface area contributed by atoms with Gasteiger partial charge in [-0.3, -0.25) is 0 Å². The van der Waals surface area contributed by atoms with Gasteiger partial charge in [0.25, 0.3) is 0 Å². The first-order valence-corrected chi connectivity index (χ1v) is 6.20. The van der Waals surface area contributed by atoms with Gasteiger partial charge in [-0.25, -0.2) is 0 Å². The highest BCUT2D eigenvalue weighted by Gasteiger charge is 2.29. The number of hydrogen-bond acceptors (Lipinski definition) is 3. The quantitative estimate of drug-likeness (QED) is 0.487. The van der Waals surface area contributed by atoms with E-state index in [0.717, 1.165) is 21.9 Å². The zero-order valence-electron chi connectivity index (χ0n) is 9.90. The van der Waals surface area contributed by atoms with Crippen LogP contribution in [-0.2, 0) is 6.18 Å². The summed E-state index contributed by atoms with van der Waals surface area (Å²) >= 11 is 1.36. The Morgan fingerprint density at radius 1 is 1.11 bits per heavy atom. The topological polar surface area (TPSA) is 32.6 Å². The zero-order chi connectivity index (χ0) is 14.0. The van der Waals surface area contributed by atoms with Gasteiger partial charge >= 0.3 is 6.18 Å². The number of benzene rings is 1. The van der Waals surface area contributed by atoms with Crippen LogP contribution in [0.5, 0.6) is 0 Å². The molecule has 0 saturated carbocycles. The largest absolute Gasteiger partial charge is 0.416 e. The second kappa shape index (κ2) is 5.05. The lowest BCUT2D eigenvalue weighted by Crippen LogP contribution is -2.03. The van der Waals surface area contributed by atoms with E-state index in [2.05, 4.69) is 5.16 Å². The Morgan fingerprint density at radius 3 is 2.26 bits per heavy atom. The maximum Gasteiger partial charge on any atom is 0.416 e. The zero-order valence-corrected chi connectivity index (χ0v) is 10.7. The molecule has 0 bridgehead atoms. The van der Waals surface area contributed by atoms with Crippen LogP contribution in [0.3, 0.4) is 0 Å². The Hall–Kier alpha value is -1.82. The molecule has 100 valence electrons. The molecule has 2 aromatic rings. The van der Waals surface area contributed by atoms with Gasteiger partial charge in [0.15, 0.2) is 0 Å². The average Bonchev–Trinajstić information content (AvgIpc) is 2.86. The van der Waals surface area contributed by atoms with Crippen LogP contribution in [0.15, 0.2) is 41.6 Å². The van der Waals surface area contributed by atoms with Crippen molar-refractivity contribution in [3.8, 4) is 10.4 Å². The summed E-state index contributed by atoms with van der Waals surface area (Å²) in [4.78, 5) is 1.60. The lowest BCUT2D eigenvalue weighted by atomic mass is 10.1. The number of oxime groups is 1. The van der Waals surface area contributed by atoms with E-state index in [1.54, 1.807) is 19.1 Å². The summed E-state index contributed by atoms with van der Waals surface area (Å²) in [5, 5.41) is 11.8. The Labute approximate surface area is 111 Å². The van der Waals surface area contributed by atoms with Crippen LogP contribution in [0.2, 0.25) is 0 Å². The normalized spacial score (nSPS) is 12.7. The summed E-state index contributed by atoms with van der Waals surface area (Å²) in [6.45, 7) is 1.66. The lowest BCUT2D eigenvalue weighted by molar-refractivity contribution is -0.137. The third kappa shape index (κ3) is 2.96. The number of nitrogens with zero attached hydrogens (tertiary/aromatic N) is 1. The maximum absolute atomic E-state index is 12.4. The molecular formula is C13H10F3NOS. The third-order valence-electron chi connectivity index (χ3n) is 2.61. The van der Waals surface area contributed by atoms with Gasteiger partial charge < -0.3 is 5.21 Å². The van der Waals surface area contributed by atoms with Crippen molar-refractivity contribution in [2.24, 2.45) is 5.16 Å². The minimum absolute atomic E-state index is 0.475. The summed E-state index contributed by atoms with van der Waals surface area (Å²) in [7, 11) is 0. The molecule has 0 amide bonds. The Balaban J connectivity index is 2.30. The number of halogens is 3. The fraction of sp³-hybridized carbons (Fsp3) is 0.154. The van der Waals surface area contributed by atoms with Gasteiger partial charge in [0.05, 0.1) is 16.2 Å². The Morgan fingerprint density at radius 2 is 1.74 bits per heavy atom. The highest BCUT2D eigenvalue weighted by atomic mass is 32.1. The van der Waals surface area contributed by atoms with Crippen molar-refractivity contribution in [1.29, 1.82) is 0 Å². The maximum atomic E-state index is 12.4. The molecule has 0 aliphatic heterocycles. The lowest BCUT2D eigenvalue weighted by Gasteiger charge is -2.06. The van der Waals surface area contributed by atoms with E-state index in [4.69, 9.17) is 5.21 Å². The van der Waals surface area contributed by atoms with Crippen LogP contribution in [0.1, 0.15) is 17.4 Å². The number of thiophene rings is 1. The van der Waals surface area contributed by atoms with Gasteiger partial charge in [-0.05, 0) is 36.8 Å². The summed E-state index contributed by atoms with van der Waals surface area (Å²) in [6, 6.07) is 8.54. The number of alkyl halides is 3. The van der Waals surface area contributed by atoms with Gasteiger partial charge in [0, 0.05) is 4.88 Å². The first-order chi connectivity index (χ1) is 8.91. The van der Waals surface area contributed by atoms with Gasteiger partial charge in [-0.2, -0.15) is 13.2 Å². The molecule has 2 rings (SSSR count). The molecule has 2 nitrogen and oxygen atoms in total. The van der Waals surface area contributed by atoms with E-state index in [9.17, 15) is 13.2 Å². The Bertz CT molecular complexity index is 599. The second-order valence-electron chi connectivity index (χ2n) is 3.92. The monoisotopic (exact) mass is 285 g/mol. The summed E-state index contributed by atoms with van der Waals surface area (Å²) in [6.07, 6.45) is -4.32. The van der Waals surface area contributed by atoms with Crippen molar-refractivity contribution >= 4 is 17.0 Å². The molecule has 0 aliphatic rings. The van der Waals surface area contributed by atoms with Gasteiger partial charge in [0.2, 0.25) is 0 Å². The predicted molar refractivity (Wildman–Crippen MR) is 68.8 cm³/mol. The van der Waals surface area contributed by atoms with E-state index in [1.807, 2.05) is 0 Å². The van der Waals surface area contributed by atoms with Crippen LogP contribution >= 0.6 is 11.3 Å². The standard InChI is InChI=1S/C13H10F3NOS/c1-8(17-18)11-6-7-12(19-11)9-2-4-10(5-3-9)13(14,15)16/h2-7,18H,1H3/b17-8+. The highest BCUT2D eigenvalue weighted by molar-refractivity contribution is 7.17. The van der Waals surface area contributed by atoms with Crippen molar-refractivity contribution in [3.05, 3.63) is 46.8 Å². The first kappa shape index (κ1) is 13.6. The molecule has 6 heteroatoms. The molecular weight excluding hydrogens is 275 g/mol. The second-order valence-corrected chi connectivity index (χ2v) is 5.01. The molecule has 0 aliphatic carbocycles. The van der Waals surface area contributed by atoms with E-state index in [0.29, 0.717) is 11.3 Å². The summed E-state index contributed by atoms with van der Waals surface area (Å²) in [5.41, 5.74) is 0.513. The average molecular weight is 285 g/mol. The molecule has 0 atom stereocenters. The van der Waals surface area contributed by atoms with Crippen molar-refractivity contribution in [2.75, 3.05) is 0 Å². The van der Waals surface area contributed by atoms with Crippen molar-refractivity contribution < 1.29 is 18.4 Å². The number of rotatable bonds is 2. The first-order valence-electron chi connectivity index (χ1n) is 5.38. The highest BCUT2D eigenvalue weighted by Crippen LogP contribution is 2.33. The smallest absolute Gasteiger partial charge is 0.411 e. The molecule has 1 heterocycles. The third-order valence-corrected chi connectivity index (χ3v) is 3.85. The molecule has 0 saturated heterocycles. The van der Waals surface area contributed by atoms with Crippen molar-refractivity contribution in [1.82, 2.24) is 0 Å². The Kier molecular flexibility index (Phi) is 3.61. The van der Waals surface area contributed by atoms with Crippen LogP contribution in [0, 0.1) is 0 Å². The van der Waals surface area contributed by atoms with E-state index in [-0.39, 0.29) is 0 Å². The van der Waals surface area contributed by atoms with Crippen molar-refractivity contribution in [2.45, 2.75) is 13.1 Å². The summed E-state index contributed by atoms with van der Waals surface area (Å²) in [5.74, 6) is 0. The number of hydrogen-bond donors (Lipinski definition) is 1. The molecule has 1 aromatic heterocycles. The van der Waals surface area contributed by atoms with Crippen molar-refractivity contribution in [3.63, 3.8) is 0 Å². The fourth-order valence-electron chi connectivity index (χ4n) is 1.56. The van der Waals surface area contributed by atoms with Crippen LogP contribution in [0.25, 0.3) is 10.4 Å². The van der Waals surface area contributed by atoms with Gasteiger partial charge in [-0.15, -0.1) is 11.3 Å². The van der Waals surface area contributed by atoms with Crippen LogP contribution < -0.4 is 0 Å². The summed E-state index contributed by atoms with van der Waals surface area (Å²) < 4.78 is 37.3. The van der Waals surface area contributed by atoms with Crippen LogP contribution in [0.4, 0.5) is 13.2 Å². The fourth-order valence-corrected chi connectivity index (χ4v) is 2.51. The van der Waals surface area contributed by atoms with Gasteiger partial charge in [-0.1, -0.05) is 17.3 Å². The molecule has 1 aromatic carbocycles. The van der Waals surface area contributed by atoms with Gasteiger partial charge in [0.1, 0.15) is 0 Å². The molecule has 1 N–H and O–H groups in total. The minimum Gasteiger partial charge on any atom is -0.411 e. The molecule has 0 radical (unpaired) electrons. The molecule has 0 spiro atoms. The predicted octanol–water partition coefficient (Wildman–Crippen LogP) is 4.63. The van der Waals surface area contributed by atoms with Crippen LogP contribution in [-0.4, -0.2) is 10.9 Å². The van der Waals surface area contributed by atoms with E-state index in [1.165, 1.54) is 23.5 Å². The SMILES string of the molecule is C/C(=N\O)c1ccc(-c2ccc(C(F)(F)F)cc2)s1.